The molecule has 0 unspecified atom stereocenters. The van der Waals surface area contributed by atoms with Crippen LogP contribution in [0.3, 0.4) is 0 Å². The Hall–Kier alpha value is -3.06. The number of anilines is 1. The van der Waals surface area contributed by atoms with E-state index in [-0.39, 0.29) is 5.78 Å². The first-order valence-corrected chi connectivity index (χ1v) is 7.48. The van der Waals surface area contributed by atoms with Crippen LogP contribution in [-0.4, -0.2) is 10.8 Å². The van der Waals surface area contributed by atoms with E-state index in [2.05, 4.69) is 11.1 Å². The van der Waals surface area contributed by atoms with Gasteiger partial charge in [-0.25, -0.2) is 0 Å². The van der Waals surface area contributed by atoms with E-state index in [4.69, 9.17) is 11.0 Å². The van der Waals surface area contributed by atoms with Crippen molar-refractivity contribution in [1.82, 2.24) is 4.98 Å². The van der Waals surface area contributed by atoms with Gasteiger partial charge < -0.3 is 10.7 Å². The van der Waals surface area contributed by atoms with Gasteiger partial charge in [-0.2, -0.15) is 5.26 Å². The summed E-state index contributed by atoms with van der Waals surface area (Å²) in [5, 5.41) is 9.69. The summed E-state index contributed by atoms with van der Waals surface area (Å²) < 4.78 is 0. The first-order chi connectivity index (χ1) is 11.1. The van der Waals surface area contributed by atoms with Crippen LogP contribution in [0.1, 0.15) is 33.6 Å². The fourth-order valence-corrected chi connectivity index (χ4v) is 2.83. The van der Waals surface area contributed by atoms with Gasteiger partial charge in [0.15, 0.2) is 5.78 Å². The van der Waals surface area contributed by atoms with E-state index in [1.807, 2.05) is 37.3 Å². The fourth-order valence-electron chi connectivity index (χ4n) is 2.83. The molecule has 0 saturated heterocycles. The number of nitrogens with two attached hydrogens (primary N) is 1. The van der Waals surface area contributed by atoms with Gasteiger partial charge in [0.25, 0.3) is 0 Å². The number of ketones is 1. The van der Waals surface area contributed by atoms with Crippen molar-refractivity contribution in [2.45, 2.75) is 19.8 Å². The lowest BCUT2D eigenvalue weighted by Gasteiger charge is -2.03. The third-order valence-corrected chi connectivity index (χ3v) is 4.01. The average Bonchev–Trinajstić information content (AvgIpc) is 2.88. The summed E-state index contributed by atoms with van der Waals surface area (Å²) in [6.45, 7) is 1.91. The number of carbonyl (C=O) groups is 1. The molecule has 114 valence electrons. The molecule has 2 aromatic carbocycles. The van der Waals surface area contributed by atoms with Crippen molar-refractivity contribution in [3.8, 4) is 6.07 Å². The van der Waals surface area contributed by atoms with Crippen molar-refractivity contribution in [2.75, 3.05) is 5.73 Å². The number of nitrogen functional groups attached to an aromatic ring is 1. The quantitative estimate of drug-likeness (QED) is 0.569. The SMILES string of the molecule is Cc1[nH]c2ccc(N)cc2c1C(=O)CCc1ccc(C#N)cc1. The number of fused-ring (bicyclic) bond motifs is 1. The summed E-state index contributed by atoms with van der Waals surface area (Å²) in [6, 6.07) is 15.0. The molecule has 0 bridgehead atoms. The third-order valence-electron chi connectivity index (χ3n) is 4.01. The molecule has 0 aliphatic carbocycles. The number of hydrogen-bond acceptors (Lipinski definition) is 3. The molecule has 0 saturated carbocycles. The second kappa shape index (κ2) is 5.98. The lowest BCUT2D eigenvalue weighted by molar-refractivity contribution is 0.0984. The molecule has 4 heteroatoms. The number of carbonyl (C=O) groups excluding carboxylic acids is 1. The highest BCUT2D eigenvalue weighted by molar-refractivity contribution is 6.09. The molecule has 23 heavy (non-hydrogen) atoms. The second-order valence-electron chi connectivity index (χ2n) is 5.66. The van der Waals surface area contributed by atoms with Gasteiger partial charge >= 0.3 is 0 Å². The van der Waals surface area contributed by atoms with Crippen molar-refractivity contribution in [2.24, 2.45) is 0 Å². The van der Waals surface area contributed by atoms with Crippen LogP contribution in [-0.2, 0) is 6.42 Å². The van der Waals surface area contributed by atoms with Crippen LogP contribution in [0.15, 0.2) is 42.5 Å². The maximum atomic E-state index is 12.6. The molecule has 0 amide bonds. The molecule has 3 N–H and O–H groups in total. The van der Waals surface area contributed by atoms with E-state index in [1.54, 1.807) is 12.1 Å². The molecule has 0 spiro atoms. The van der Waals surface area contributed by atoms with Gasteiger partial charge in [-0.1, -0.05) is 12.1 Å². The Kier molecular flexibility index (Phi) is 3.86. The highest BCUT2D eigenvalue weighted by Crippen LogP contribution is 2.26. The Bertz CT molecular complexity index is 914. The van der Waals surface area contributed by atoms with E-state index in [0.29, 0.717) is 24.1 Å². The Balaban J connectivity index is 1.82. The van der Waals surface area contributed by atoms with Gasteiger partial charge in [0.1, 0.15) is 0 Å². The summed E-state index contributed by atoms with van der Waals surface area (Å²) in [5.74, 6) is 0.101. The summed E-state index contributed by atoms with van der Waals surface area (Å²) in [4.78, 5) is 15.9. The van der Waals surface area contributed by atoms with E-state index < -0.39 is 0 Å². The Morgan fingerprint density at radius 1 is 1.22 bits per heavy atom. The van der Waals surface area contributed by atoms with Crippen molar-refractivity contribution < 1.29 is 4.79 Å². The number of H-pyrrole nitrogens is 1. The van der Waals surface area contributed by atoms with Crippen molar-refractivity contribution in [1.29, 1.82) is 5.26 Å². The topological polar surface area (TPSA) is 82.7 Å². The van der Waals surface area contributed by atoms with Crippen molar-refractivity contribution >= 4 is 22.4 Å². The molecule has 1 heterocycles. The minimum atomic E-state index is 0.101. The number of rotatable bonds is 4. The molecule has 3 aromatic rings. The summed E-state index contributed by atoms with van der Waals surface area (Å²) in [7, 11) is 0. The van der Waals surface area contributed by atoms with Gasteiger partial charge in [0, 0.05) is 34.3 Å². The number of aromatic amines is 1. The lowest BCUT2D eigenvalue weighted by atomic mass is 10.00. The number of aromatic nitrogens is 1. The first kappa shape index (κ1) is 14.9. The van der Waals surface area contributed by atoms with E-state index in [9.17, 15) is 4.79 Å². The highest BCUT2D eigenvalue weighted by Gasteiger charge is 2.16. The van der Waals surface area contributed by atoms with Gasteiger partial charge in [0.2, 0.25) is 0 Å². The monoisotopic (exact) mass is 303 g/mol. The number of nitrogens with one attached hydrogen (secondary N) is 1. The maximum absolute atomic E-state index is 12.6. The Morgan fingerprint density at radius 3 is 2.65 bits per heavy atom. The predicted molar refractivity (Wildman–Crippen MR) is 91.3 cm³/mol. The number of nitriles is 1. The molecule has 3 rings (SSSR count). The van der Waals surface area contributed by atoms with Crippen molar-refractivity contribution in [3.63, 3.8) is 0 Å². The molecule has 0 fully saturated rings. The lowest BCUT2D eigenvalue weighted by Crippen LogP contribution is -2.02. The zero-order valence-electron chi connectivity index (χ0n) is 12.9. The molecule has 0 atom stereocenters. The predicted octanol–water partition coefficient (Wildman–Crippen LogP) is 3.75. The standard InChI is InChI=1S/C19H17N3O/c1-12-19(16-10-15(21)7-8-17(16)22-12)18(23)9-6-13-2-4-14(11-20)5-3-13/h2-5,7-8,10,22H,6,9,21H2,1H3. The molecule has 0 aliphatic heterocycles. The maximum Gasteiger partial charge on any atom is 0.165 e. The smallest absolute Gasteiger partial charge is 0.165 e. The van der Waals surface area contributed by atoms with E-state index >= 15 is 0 Å². The first-order valence-electron chi connectivity index (χ1n) is 7.48. The van der Waals surface area contributed by atoms with Crippen LogP contribution in [0.5, 0.6) is 0 Å². The molecular weight excluding hydrogens is 286 g/mol. The highest BCUT2D eigenvalue weighted by atomic mass is 16.1. The van der Waals surface area contributed by atoms with Crippen LogP contribution >= 0.6 is 0 Å². The zero-order valence-corrected chi connectivity index (χ0v) is 12.9. The molecule has 0 aliphatic rings. The third kappa shape index (κ3) is 2.95. The van der Waals surface area contributed by atoms with E-state index in [1.165, 1.54) is 0 Å². The second-order valence-corrected chi connectivity index (χ2v) is 5.66. The minimum absolute atomic E-state index is 0.101. The number of nitrogens with zero attached hydrogens (tertiary/aromatic N) is 1. The molecule has 1 aromatic heterocycles. The number of hydrogen-bond donors (Lipinski definition) is 2. The largest absolute Gasteiger partial charge is 0.399 e. The summed E-state index contributed by atoms with van der Waals surface area (Å²) >= 11 is 0. The molecule has 4 nitrogen and oxygen atoms in total. The molecular formula is C19H17N3O. The normalized spacial score (nSPS) is 10.6. The Labute approximate surface area is 134 Å². The Morgan fingerprint density at radius 2 is 1.96 bits per heavy atom. The van der Waals surface area contributed by atoms with Gasteiger partial charge in [0.05, 0.1) is 11.6 Å². The van der Waals surface area contributed by atoms with Gasteiger partial charge in [-0.3, -0.25) is 4.79 Å². The van der Waals surface area contributed by atoms with Crippen LogP contribution in [0.25, 0.3) is 10.9 Å². The average molecular weight is 303 g/mol. The van der Waals surface area contributed by atoms with Crippen LogP contribution in [0, 0.1) is 18.3 Å². The zero-order chi connectivity index (χ0) is 16.4. The fraction of sp³-hybridized carbons (Fsp3) is 0.158. The van der Waals surface area contributed by atoms with Crippen molar-refractivity contribution in [3.05, 3.63) is 64.8 Å². The van der Waals surface area contributed by atoms with Crippen LogP contribution in [0.2, 0.25) is 0 Å². The van der Waals surface area contributed by atoms with Gasteiger partial charge in [-0.15, -0.1) is 0 Å². The van der Waals surface area contributed by atoms with Crippen LogP contribution < -0.4 is 5.73 Å². The summed E-state index contributed by atoms with van der Waals surface area (Å²) in [6.07, 6.45) is 1.08. The van der Waals surface area contributed by atoms with Gasteiger partial charge in [-0.05, 0) is 49.2 Å². The minimum Gasteiger partial charge on any atom is -0.399 e. The molecule has 0 radical (unpaired) electrons. The van der Waals surface area contributed by atoms with Crippen LogP contribution in [0.4, 0.5) is 5.69 Å². The summed E-state index contributed by atoms with van der Waals surface area (Å²) in [5.41, 5.74) is 10.7. The number of aryl methyl sites for hydroxylation is 2. The number of Topliss-reactive ketones (excluding diaryl/α,β-unsaturated/α-hetero) is 1. The van der Waals surface area contributed by atoms with E-state index in [0.717, 1.165) is 27.7 Å². The number of benzene rings is 2.